The first-order chi connectivity index (χ1) is 10.2. The minimum Gasteiger partial charge on any atom is -0.497 e. The summed E-state index contributed by atoms with van der Waals surface area (Å²) in [7, 11) is 1.70. The van der Waals surface area contributed by atoms with Gasteiger partial charge in [-0.2, -0.15) is 0 Å². The molecular formula is C19H25NO. The monoisotopic (exact) mass is 283 g/mol. The summed E-state index contributed by atoms with van der Waals surface area (Å²) in [6.07, 6.45) is 1.01. The lowest BCUT2D eigenvalue weighted by molar-refractivity contribution is 0.414. The van der Waals surface area contributed by atoms with E-state index in [0.717, 1.165) is 18.7 Å². The second kappa shape index (κ2) is 7.28. The summed E-state index contributed by atoms with van der Waals surface area (Å²) in [6, 6.07) is 15.2. The van der Waals surface area contributed by atoms with Crippen LogP contribution in [0.15, 0.2) is 42.5 Å². The molecule has 2 aromatic carbocycles. The van der Waals surface area contributed by atoms with E-state index in [1.54, 1.807) is 7.11 Å². The number of likely N-dealkylation sites (N-methyl/N-ethyl adjacent to an activating group) is 1. The molecule has 0 heterocycles. The van der Waals surface area contributed by atoms with Crippen LogP contribution in [0.3, 0.4) is 0 Å². The van der Waals surface area contributed by atoms with E-state index in [1.807, 2.05) is 12.1 Å². The van der Waals surface area contributed by atoms with Crippen LogP contribution in [-0.4, -0.2) is 13.7 Å². The Morgan fingerprint density at radius 1 is 1.00 bits per heavy atom. The highest BCUT2D eigenvalue weighted by molar-refractivity contribution is 5.36. The number of rotatable bonds is 6. The van der Waals surface area contributed by atoms with E-state index in [4.69, 9.17) is 4.74 Å². The molecule has 21 heavy (non-hydrogen) atoms. The van der Waals surface area contributed by atoms with E-state index in [2.05, 4.69) is 56.4 Å². The second-order valence-corrected chi connectivity index (χ2v) is 5.46. The van der Waals surface area contributed by atoms with Gasteiger partial charge in [-0.1, -0.05) is 37.3 Å². The topological polar surface area (TPSA) is 21.3 Å². The van der Waals surface area contributed by atoms with Crippen molar-refractivity contribution >= 4 is 0 Å². The van der Waals surface area contributed by atoms with Gasteiger partial charge in [0.1, 0.15) is 5.75 Å². The Bertz CT molecular complexity index is 554. The molecule has 0 aromatic heterocycles. The highest BCUT2D eigenvalue weighted by atomic mass is 16.5. The average molecular weight is 283 g/mol. The molecule has 1 N–H and O–H groups in total. The molecule has 2 heteroatoms. The molecular weight excluding hydrogens is 258 g/mol. The molecule has 2 nitrogen and oxygen atoms in total. The van der Waals surface area contributed by atoms with Gasteiger partial charge in [-0.25, -0.2) is 0 Å². The maximum absolute atomic E-state index is 5.24. The molecule has 0 saturated heterocycles. The fourth-order valence-corrected chi connectivity index (χ4v) is 2.77. The van der Waals surface area contributed by atoms with E-state index in [0.29, 0.717) is 6.04 Å². The summed E-state index contributed by atoms with van der Waals surface area (Å²) in [5, 5.41) is 3.60. The zero-order valence-corrected chi connectivity index (χ0v) is 13.4. The number of aryl methyl sites for hydroxylation is 2. The zero-order chi connectivity index (χ0) is 15.2. The Labute approximate surface area is 128 Å². The molecule has 0 aliphatic heterocycles. The van der Waals surface area contributed by atoms with Gasteiger partial charge in [0.05, 0.1) is 7.11 Å². The van der Waals surface area contributed by atoms with Crippen LogP contribution in [0, 0.1) is 13.8 Å². The smallest absolute Gasteiger partial charge is 0.118 e. The minimum atomic E-state index is 0.334. The Kier molecular flexibility index (Phi) is 5.40. The van der Waals surface area contributed by atoms with Crippen LogP contribution in [0.25, 0.3) is 0 Å². The fourth-order valence-electron chi connectivity index (χ4n) is 2.77. The molecule has 0 aliphatic rings. The standard InChI is InChI=1S/C19H25NO/c1-5-20-19(16-9-11-17(21-4)12-10-16)13-18-14(2)7-6-8-15(18)3/h6-12,19-20H,5,13H2,1-4H3. The van der Waals surface area contributed by atoms with E-state index in [1.165, 1.54) is 22.3 Å². The van der Waals surface area contributed by atoms with Gasteiger partial charge >= 0.3 is 0 Å². The van der Waals surface area contributed by atoms with Crippen molar-refractivity contribution < 1.29 is 4.74 Å². The summed E-state index contributed by atoms with van der Waals surface area (Å²) < 4.78 is 5.24. The van der Waals surface area contributed by atoms with E-state index in [9.17, 15) is 0 Å². The molecule has 112 valence electrons. The molecule has 1 unspecified atom stereocenters. The lowest BCUT2D eigenvalue weighted by Crippen LogP contribution is -2.23. The number of methoxy groups -OCH3 is 1. The fraction of sp³-hybridized carbons (Fsp3) is 0.368. The number of benzene rings is 2. The third-order valence-corrected chi connectivity index (χ3v) is 4.02. The molecule has 0 fully saturated rings. The van der Waals surface area contributed by atoms with Crippen LogP contribution < -0.4 is 10.1 Å². The third-order valence-electron chi connectivity index (χ3n) is 4.02. The predicted molar refractivity (Wildman–Crippen MR) is 89.0 cm³/mol. The average Bonchev–Trinajstić information content (AvgIpc) is 2.50. The molecule has 0 spiro atoms. The normalized spacial score (nSPS) is 12.2. The Balaban J connectivity index is 2.26. The molecule has 0 radical (unpaired) electrons. The summed E-state index contributed by atoms with van der Waals surface area (Å²) in [6.45, 7) is 7.50. The Hall–Kier alpha value is -1.80. The first-order valence-corrected chi connectivity index (χ1v) is 7.58. The highest BCUT2D eigenvalue weighted by Crippen LogP contribution is 2.24. The molecule has 0 saturated carbocycles. The SMILES string of the molecule is CCNC(Cc1c(C)cccc1C)c1ccc(OC)cc1. The van der Waals surface area contributed by atoms with E-state index >= 15 is 0 Å². The van der Waals surface area contributed by atoms with Crippen LogP contribution in [0.4, 0.5) is 0 Å². The molecule has 0 aliphatic carbocycles. The van der Waals surface area contributed by atoms with Crippen LogP contribution in [-0.2, 0) is 6.42 Å². The van der Waals surface area contributed by atoms with Gasteiger partial charge in [-0.05, 0) is 61.2 Å². The van der Waals surface area contributed by atoms with E-state index < -0.39 is 0 Å². The zero-order valence-electron chi connectivity index (χ0n) is 13.4. The lowest BCUT2D eigenvalue weighted by atomic mass is 9.93. The minimum absolute atomic E-state index is 0.334. The van der Waals surface area contributed by atoms with Gasteiger partial charge in [0.15, 0.2) is 0 Å². The summed E-state index contributed by atoms with van der Waals surface area (Å²) in [4.78, 5) is 0. The number of hydrogen-bond acceptors (Lipinski definition) is 2. The summed E-state index contributed by atoms with van der Waals surface area (Å²) in [5.41, 5.74) is 5.48. The van der Waals surface area contributed by atoms with Crippen LogP contribution in [0.1, 0.15) is 35.2 Å². The summed E-state index contributed by atoms with van der Waals surface area (Å²) >= 11 is 0. The van der Waals surface area contributed by atoms with Gasteiger partial charge in [-0.3, -0.25) is 0 Å². The Morgan fingerprint density at radius 2 is 1.62 bits per heavy atom. The highest BCUT2D eigenvalue weighted by Gasteiger charge is 2.14. The maximum atomic E-state index is 5.24. The van der Waals surface area contributed by atoms with Crippen molar-refractivity contribution in [3.8, 4) is 5.75 Å². The van der Waals surface area contributed by atoms with Crippen molar-refractivity contribution in [2.75, 3.05) is 13.7 Å². The number of hydrogen-bond donors (Lipinski definition) is 1. The van der Waals surface area contributed by atoms with Crippen molar-refractivity contribution in [1.82, 2.24) is 5.32 Å². The van der Waals surface area contributed by atoms with Gasteiger partial charge < -0.3 is 10.1 Å². The lowest BCUT2D eigenvalue weighted by Gasteiger charge is -2.21. The van der Waals surface area contributed by atoms with Crippen molar-refractivity contribution in [1.29, 1.82) is 0 Å². The quantitative estimate of drug-likeness (QED) is 0.857. The van der Waals surface area contributed by atoms with Gasteiger partial charge in [0.25, 0.3) is 0 Å². The number of nitrogens with one attached hydrogen (secondary N) is 1. The predicted octanol–water partition coefficient (Wildman–Crippen LogP) is 4.21. The van der Waals surface area contributed by atoms with Crippen molar-refractivity contribution in [2.45, 2.75) is 33.2 Å². The first kappa shape index (κ1) is 15.6. The second-order valence-electron chi connectivity index (χ2n) is 5.46. The summed E-state index contributed by atoms with van der Waals surface area (Å²) in [5.74, 6) is 0.904. The van der Waals surface area contributed by atoms with Gasteiger partial charge in [0, 0.05) is 6.04 Å². The van der Waals surface area contributed by atoms with E-state index in [-0.39, 0.29) is 0 Å². The first-order valence-electron chi connectivity index (χ1n) is 7.58. The molecule has 2 aromatic rings. The molecule has 2 rings (SSSR count). The largest absolute Gasteiger partial charge is 0.497 e. The van der Waals surface area contributed by atoms with Crippen LogP contribution in [0.5, 0.6) is 5.75 Å². The van der Waals surface area contributed by atoms with Crippen molar-refractivity contribution in [3.05, 3.63) is 64.7 Å². The van der Waals surface area contributed by atoms with Crippen LogP contribution in [0.2, 0.25) is 0 Å². The molecule has 0 bridgehead atoms. The molecule has 1 atom stereocenters. The van der Waals surface area contributed by atoms with Gasteiger partial charge in [0.2, 0.25) is 0 Å². The maximum Gasteiger partial charge on any atom is 0.118 e. The molecule has 0 amide bonds. The van der Waals surface area contributed by atoms with Crippen LogP contribution >= 0.6 is 0 Å². The third kappa shape index (κ3) is 3.85. The Morgan fingerprint density at radius 3 is 2.14 bits per heavy atom. The van der Waals surface area contributed by atoms with Crippen molar-refractivity contribution in [2.24, 2.45) is 0 Å². The van der Waals surface area contributed by atoms with Crippen molar-refractivity contribution in [3.63, 3.8) is 0 Å². The van der Waals surface area contributed by atoms with Gasteiger partial charge in [-0.15, -0.1) is 0 Å². The number of ether oxygens (including phenoxy) is 1.